The molecular weight excluding hydrogens is 364 g/mol. The maximum Gasteiger partial charge on any atom is 0.269 e. The van der Waals surface area contributed by atoms with E-state index in [1.807, 2.05) is 18.3 Å². The Balaban J connectivity index is 1.73. The summed E-state index contributed by atoms with van der Waals surface area (Å²) in [6, 6.07) is 13.3. The summed E-state index contributed by atoms with van der Waals surface area (Å²) in [4.78, 5) is 12.5. The maximum atomic E-state index is 14.7. The van der Waals surface area contributed by atoms with Gasteiger partial charge in [-0.2, -0.15) is 0 Å². The molecule has 1 aromatic heterocycles. The van der Waals surface area contributed by atoms with Crippen molar-refractivity contribution in [3.8, 4) is 0 Å². The Bertz CT molecular complexity index is 1000. The smallest absolute Gasteiger partial charge is 0.269 e. The minimum atomic E-state index is -0.478. The van der Waals surface area contributed by atoms with Crippen LogP contribution in [0.2, 0.25) is 0 Å². The van der Waals surface area contributed by atoms with Crippen LogP contribution >= 0.6 is 0 Å². The number of benzene rings is 2. The van der Waals surface area contributed by atoms with Crippen LogP contribution in [0.1, 0.15) is 29.3 Å². The predicted octanol–water partition coefficient (Wildman–Crippen LogP) is 4.67. The molecule has 0 bridgehead atoms. The van der Waals surface area contributed by atoms with Crippen LogP contribution in [0.15, 0.2) is 60.8 Å². The van der Waals surface area contributed by atoms with Gasteiger partial charge in [0.1, 0.15) is 11.6 Å². The average Bonchev–Trinajstić information content (AvgIpc) is 3.06. The molecule has 1 aliphatic rings. The third-order valence-corrected chi connectivity index (χ3v) is 5.14. The number of fused-ring (bicyclic) bond motifs is 1. The van der Waals surface area contributed by atoms with E-state index in [1.165, 1.54) is 18.2 Å². The first-order valence-electron chi connectivity index (χ1n) is 9.10. The summed E-state index contributed by atoms with van der Waals surface area (Å²) in [5, 5.41) is 10.9. The molecule has 2 aromatic carbocycles. The molecule has 0 amide bonds. The van der Waals surface area contributed by atoms with E-state index in [0.29, 0.717) is 18.7 Å². The highest BCUT2D eigenvalue weighted by atomic mass is 19.1. The highest BCUT2D eigenvalue weighted by molar-refractivity contribution is 5.34. The SMILES string of the molecule is O=[N+]([O-])c1ccc(CN2CCCn3cccc3C2c2cc(F)ccc2F)cc1. The van der Waals surface area contributed by atoms with Gasteiger partial charge in [-0.05, 0) is 42.3 Å². The fourth-order valence-corrected chi connectivity index (χ4v) is 3.85. The number of hydrogen-bond acceptors (Lipinski definition) is 3. The molecule has 7 heteroatoms. The Morgan fingerprint density at radius 3 is 2.61 bits per heavy atom. The Morgan fingerprint density at radius 2 is 1.86 bits per heavy atom. The monoisotopic (exact) mass is 383 g/mol. The van der Waals surface area contributed by atoms with Crippen molar-refractivity contribution in [3.63, 3.8) is 0 Å². The van der Waals surface area contributed by atoms with Crippen molar-refractivity contribution in [2.75, 3.05) is 6.54 Å². The fourth-order valence-electron chi connectivity index (χ4n) is 3.85. The molecule has 144 valence electrons. The van der Waals surface area contributed by atoms with Gasteiger partial charge in [0.2, 0.25) is 0 Å². The lowest BCUT2D eigenvalue weighted by Gasteiger charge is -2.31. The van der Waals surface area contributed by atoms with Gasteiger partial charge < -0.3 is 4.57 Å². The first kappa shape index (κ1) is 18.3. The average molecular weight is 383 g/mol. The summed E-state index contributed by atoms with van der Waals surface area (Å²) in [5.41, 5.74) is 2.11. The molecule has 5 nitrogen and oxygen atoms in total. The quantitative estimate of drug-likeness (QED) is 0.486. The van der Waals surface area contributed by atoms with Gasteiger partial charge in [-0.15, -0.1) is 0 Å². The van der Waals surface area contributed by atoms with E-state index < -0.39 is 22.6 Å². The number of halogens is 2. The molecule has 4 rings (SSSR count). The van der Waals surface area contributed by atoms with Gasteiger partial charge in [0.05, 0.1) is 11.0 Å². The summed E-state index contributed by atoms with van der Waals surface area (Å²) >= 11 is 0. The lowest BCUT2D eigenvalue weighted by molar-refractivity contribution is -0.384. The number of rotatable bonds is 4. The number of aryl methyl sites for hydroxylation is 1. The number of nitro groups is 1. The third-order valence-electron chi connectivity index (χ3n) is 5.14. The predicted molar refractivity (Wildman–Crippen MR) is 101 cm³/mol. The van der Waals surface area contributed by atoms with E-state index in [4.69, 9.17) is 0 Å². The molecule has 0 fully saturated rings. The van der Waals surface area contributed by atoms with Crippen LogP contribution in [0.5, 0.6) is 0 Å². The molecule has 2 heterocycles. The Hall–Kier alpha value is -3.06. The summed E-state index contributed by atoms with van der Waals surface area (Å²) < 4.78 is 30.7. The second kappa shape index (κ2) is 7.52. The van der Waals surface area contributed by atoms with Gasteiger partial charge in [0.15, 0.2) is 0 Å². The van der Waals surface area contributed by atoms with Crippen LogP contribution < -0.4 is 0 Å². The summed E-state index contributed by atoms with van der Waals surface area (Å²) in [5.74, 6) is -0.927. The van der Waals surface area contributed by atoms with Gasteiger partial charge in [-0.3, -0.25) is 15.0 Å². The van der Waals surface area contributed by atoms with Crippen molar-refractivity contribution in [1.82, 2.24) is 9.47 Å². The molecule has 0 N–H and O–H groups in total. The molecule has 0 saturated carbocycles. The summed E-state index contributed by atoms with van der Waals surface area (Å²) in [6.07, 6.45) is 2.82. The van der Waals surface area contributed by atoms with Crippen LogP contribution in [0.3, 0.4) is 0 Å². The Labute approximate surface area is 161 Å². The minimum absolute atomic E-state index is 0.0289. The first-order chi connectivity index (χ1) is 13.5. The zero-order chi connectivity index (χ0) is 19.7. The van der Waals surface area contributed by atoms with Gasteiger partial charge >= 0.3 is 0 Å². The zero-order valence-corrected chi connectivity index (χ0v) is 15.1. The van der Waals surface area contributed by atoms with E-state index in [0.717, 1.165) is 36.4 Å². The third kappa shape index (κ3) is 3.53. The van der Waals surface area contributed by atoms with Crippen molar-refractivity contribution in [2.45, 2.75) is 25.6 Å². The van der Waals surface area contributed by atoms with Crippen LogP contribution in [-0.2, 0) is 13.1 Å². The minimum Gasteiger partial charge on any atom is -0.350 e. The normalized spacial score (nSPS) is 17.1. The van der Waals surface area contributed by atoms with Gasteiger partial charge in [0.25, 0.3) is 5.69 Å². The standard InChI is InChI=1S/C21H19F2N3O2/c22-16-6-9-19(23)18(13-16)21-20-3-1-10-24(20)11-2-12-25(21)14-15-4-7-17(8-5-15)26(27)28/h1,3-10,13,21H,2,11-12,14H2. The van der Waals surface area contributed by atoms with Crippen LogP contribution in [-0.4, -0.2) is 20.9 Å². The van der Waals surface area contributed by atoms with Crippen LogP contribution in [0.25, 0.3) is 0 Å². The van der Waals surface area contributed by atoms with E-state index in [1.54, 1.807) is 12.1 Å². The number of aromatic nitrogens is 1. The first-order valence-corrected chi connectivity index (χ1v) is 9.10. The highest BCUT2D eigenvalue weighted by Crippen LogP contribution is 2.34. The molecule has 3 aromatic rings. The van der Waals surface area contributed by atoms with Crippen molar-refractivity contribution >= 4 is 5.69 Å². The molecular formula is C21H19F2N3O2. The summed E-state index contributed by atoms with van der Waals surface area (Å²) in [7, 11) is 0. The highest BCUT2D eigenvalue weighted by Gasteiger charge is 2.29. The Morgan fingerprint density at radius 1 is 1.07 bits per heavy atom. The van der Waals surface area contributed by atoms with E-state index in [-0.39, 0.29) is 5.69 Å². The zero-order valence-electron chi connectivity index (χ0n) is 15.1. The molecule has 0 saturated heterocycles. The summed E-state index contributed by atoms with van der Waals surface area (Å²) in [6.45, 7) is 1.97. The number of hydrogen-bond donors (Lipinski definition) is 0. The largest absolute Gasteiger partial charge is 0.350 e. The lowest BCUT2D eigenvalue weighted by Crippen LogP contribution is -2.30. The number of nitrogens with zero attached hydrogens (tertiary/aromatic N) is 3. The van der Waals surface area contributed by atoms with Gasteiger partial charge in [-0.1, -0.05) is 12.1 Å². The fraction of sp³-hybridized carbons (Fsp3) is 0.238. The van der Waals surface area contributed by atoms with Gasteiger partial charge in [-0.25, -0.2) is 8.78 Å². The Kier molecular flexibility index (Phi) is 4.92. The van der Waals surface area contributed by atoms with E-state index in [9.17, 15) is 18.9 Å². The molecule has 28 heavy (non-hydrogen) atoms. The maximum absolute atomic E-state index is 14.7. The van der Waals surface area contributed by atoms with Crippen molar-refractivity contribution in [1.29, 1.82) is 0 Å². The van der Waals surface area contributed by atoms with Gasteiger partial charge in [0, 0.05) is 49.2 Å². The molecule has 1 unspecified atom stereocenters. The molecule has 0 aliphatic carbocycles. The van der Waals surface area contributed by atoms with Crippen molar-refractivity contribution in [3.05, 3.63) is 99.4 Å². The van der Waals surface area contributed by atoms with Crippen molar-refractivity contribution < 1.29 is 13.7 Å². The lowest BCUT2D eigenvalue weighted by atomic mass is 10.00. The second-order valence-corrected chi connectivity index (χ2v) is 6.94. The number of non-ortho nitro benzene ring substituents is 1. The van der Waals surface area contributed by atoms with E-state index in [2.05, 4.69) is 9.47 Å². The molecule has 0 spiro atoms. The van der Waals surface area contributed by atoms with Crippen LogP contribution in [0.4, 0.5) is 14.5 Å². The topological polar surface area (TPSA) is 51.3 Å². The number of nitro benzene ring substituents is 1. The molecule has 0 radical (unpaired) electrons. The molecule has 1 aliphatic heterocycles. The van der Waals surface area contributed by atoms with Crippen molar-refractivity contribution in [2.24, 2.45) is 0 Å². The molecule has 1 atom stereocenters. The van der Waals surface area contributed by atoms with Crippen LogP contribution in [0, 0.1) is 21.7 Å². The van der Waals surface area contributed by atoms with E-state index >= 15 is 0 Å². The second-order valence-electron chi connectivity index (χ2n) is 6.94.